The molecule has 2 rings (SSSR count). The number of carbonyl (C=O) groups is 1. The van der Waals surface area contributed by atoms with Gasteiger partial charge in [0, 0.05) is 13.1 Å². The summed E-state index contributed by atoms with van der Waals surface area (Å²) in [7, 11) is -3.27. The minimum absolute atomic E-state index is 0.134. The Hall–Kier alpha value is -0.620. The van der Waals surface area contributed by atoms with E-state index in [1.165, 1.54) is 0 Å². The summed E-state index contributed by atoms with van der Waals surface area (Å²) in [6, 6.07) is 0. The van der Waals surface area contributed by atoms with Crippen LogP contribution < -0.4 is 0 Å². The summed E-state index contributed by atoms with van der Waals surface area (Å²) in [5.74, 6) is -0.119. The highest BCUT2D eigenvalue weighted by Gasteiger charge is 2.38. The van der Waals surface area contributed by atoms with Crippen LogP contribution in [-0.2, 0) is 14.6 Å². The van der Waals surface area contributed by atoms with Crippen molar-refractivity contribution in [1.82, 2.24) is 4.90 Å². The molecule has 2 atom stereocenters. The highest BCUT2D eigenvalue weighted by Crippen LogP contribution is 2.25. The second-order valence-electron chi connectivity index (χ2n) is 6.03. The van der Waals surface area contributed by atoms with Gasteiger partial charge < -0.3 is 10.0 Å². The summed E-state index contributed by atoms with van der Waals surface area (Å²) < 4.78 is 24.0. The zero-order valence-electron chi connectivity index (χ0n) is 11.5. The number of rotatable bonds is 1. The van der Waals surface area contributed by atoms with Crippen molar-refractivity contribution >= 4 is 15.7 Å². The number of aliphatic hydroxyl groups is 1. The van der Waals surface area contributed by atoms with Crippen LogP contribution in [0.3, 0.4) is 0 Å². The van der Waals surface area contributed by atoms with Crippen molar-refractivity contribution < 1.29 is 18.3 Å². The second-order valence-corrected chi connectivity index (χ2v) is 8.33. The Labute approximate surface area is 114 Å². The van der Waals surface area contributed by atoms with Crippen LogP contribution in [-0.4, -0.2) is 54.0 Å². The second kappa shape index (κ2) is 5.40. The van der Waals surface area contributed by atoms with Crippen molar-refractivity contribution in [3.05, 3.63) is 0 Å². The van der Waals surface area contributed by atoms with Crippen molar-refractivity contribution in [3.8, 4) is 0 Å². The lowest BCUT2D eigenvalue weighted by atomic mass is 9.98. The number of amides is 1. The molecule has 2 fully saturated rings. The molecule has 0 spiro atoms. The van der Waals surface area contributed by atoms with Crippen LogP contribution in [0.4, 0.5) is 0 Å². The van der Waals surface area contributed by atoms with Gasteiger partial charge in [0.15, 0.2) is 9.84 Å². The topological polar surface area (TPSA) is 74.7 Å². The van der Waals surface area contributed by atoms with Gasteiger partial charge in [-0.05, 0) is 39.0 Å². The summed E-state index contributed by atoms with van der Waals surface area (Å²) in [6.07, 6.45) is 3.83. The van der Waals surface area contributed by atoms with E-state index in [0.717, 1.165) is 12.8 Å². The van der Waals surface area contributed by atoms with Crippen LogP contribution >= 0.6 is 0 Å². The first-order valence-electron chi connectivity index (χ1n) is 7.05. The number of hydrogen-bond donors (Lipinski definition) is 1. The largest absolute Gasteiger partial charge is 0.390 e. The van der Waals surface area contributed by atoms with Gasteiger partial charge in [-0.3, -0.25) is 4.79 Å². The van der Waals surface area contributed by atoms with E-state index >= 15 is 0 Å². The molecule has 110 valence electrons. The smallest absolute Gasteiger partial charge is 0.240 e. The first-order chi connectivity index (χ1) is 8.82. The molecule has 6 heteroatoms. The molecule has 2 unspecified atom stereocenters. The highest BCUT2D eigenvalue weighted by molar-refractivity contribution is 7.92. The third-order valence-corrected chi connectivity index (χ3v) is 6.39. The fourth-order valence-electron chi connectivity index (χ4n) is 2.92. The summed E-state index contributed by atoms with van der Waals surface area (Å²) in [4.78, 5) is 14.0. The SMILES string of the molecule is CC1(O)CCCN(C(=O)C2CCCCS2(=O)=O)CC1. The predicted molar refractivity (Wildman–Crippen MR) is 72.5 cm³/mol. The Bertz CT molecular complexity index is 444. The molecule has 0 aromatic rings. The van der Waals surface area contributed by atoms with E-state index in [4.69, 9.17) is 0 Å². The van der Waals surface area contributed by atoms with Crippen LogP contribution in [0.5, 0.6) is 0 Å². The lowest BCUT2D eigenvalue weighted by molar-refractivity contribution is -0.131. The molecule has 0 saturated carbocycles. The van der Waals surface area contributed by atoms with E-state index < -0.39 is 20.7 Å². The molecule has 0 bridgehead atoms. The molecule has 1 N–H and O–H groups in total. The van der Waals surface area contributed by atoms with E-state index in [1.54, 1.807) is 11.8 Å². The van der Waals surface area contributed by atoms with Gasteiger partial charge >= 0.3 is 0 Å². The number of sulfone groups is 1. The monoisotopic (exact) mass is 289 g/mol. The number of nitrogens with zero attached hydrogens (tertiary/aromatic N) is 1. The fraction of sp³-hybridized carbons (Fsp3) is 0.923. The van der Waals surface area contributed by atoms with Crippen molar-refractivity contribution in [2.75, 3.05) is 18.8 Å². The van der Waals surface area contributed by atoms with Gasteiger partial charge in [-0.25, -0.2) is 8.42 Å². The number of hydrogen-bond acceptors (Lipinski definition) is 4. The van der Waals surface area contributed by atoms with Gasteiger partial charge in [0.2, 0.25) is 5.91 Å². The minimum atomic E-state index is -3.27. The molecule has 0 aliphatic carbocycles. The average molecular weight is 289 g/mol. The molecule has 2 aliphatic rings. The van der Waals surface area contributed by atoms with Crippen molar-refractivity contribution in [2.45, 2.75) is 56.3 Å². The molecule has 2 aliphatic heterocycles. The first-order valence-corrected chi connectivity index (χ1v) is 8.76. The van der Waals surface area contributed by atoms with Crippen LogP contribution in [0.1, 0.15) is 45.4 Å². The van der Waals surface area contributed by atoms with Gasteiger partial charge in [0.1, 0.15) is 5.25 Å². The molecule has 2 saturated heterocycles. The molecular weight excluding hydrogens is 266 g/mol. The zero-order valence-corrected chi connectivity index (χ0v) is 12.3. The maximum absolute atomic E-state index is 12.4. The Morgan fingerprint density at radius 3 is 2.63 bits per heavy atom. The van der Waals surface area contributed by atoms with Crippen molar-refractivity contribution in [1.29, 1.82) is 0 Å². The van der Waals surface area contributed by atoms with Gasteiger partial charge in [0.05, 0.1) is 11.4 Å². The first kappa shape index (κ1) is 14.8. The quantitative estimate of drug-likeness (QED) is 0.772. The highest BCUT2D eigenvalue weighted by atomic mass is 32.2. The Balaban J connectivity index is 2.07. The number of carbonyl (C=O) groups excluding carboxylic acids is 1. The van der Waals surface area contributed by atoms with Gasteiger partial charge in [0.25, 0.3) is 0 Å². The van der Waals surface area contributed by atoms with E-state index in [2.05, 4.69) is 0 Å². The minimum Gasteiger partial charge on any atom is -0.390 e. The van der Waals surface area contributed by atoms with Crippen LogP contribution in [0.2, 0.25) is 0 Å². The average Bonchev–Trinajstić information content (AvgIpc) is 2.49. The summed E-state index contributed by atoms with van der Waals surface area (Å²) in [5, 5.41) is 9.17. The molecular formula is C13H23NO4S. The molecule has 0 aromatic carbocycles. The van der Waals surface area contributed by atoms with Gasteiger partial charge in [-0.15, -0.1) is 0 Å². The normalized spacial score (nSPS) is 35.7. The zero-order chi connectivity index (χ0) is 14.1. The maximum Gasteiger partial charge on any atom is 0.240 e. The summed E-state index contributed by atoms with van der Waals surface area (Å²) in [6.45, 7) is 2.79. The Kier molecular flexibility index (Phi) is 4.20. The molecule has 0 aromatic heterocycles. The maximum atomic E-state index is 12.4. The lowest BCUT2D eigenvalue weighted by Crippen LogP contribution is -2.46. The fourth-order valence-corrected chi connectivity index (χ4v) is 4.79. The van der Waals surface area contributed by atoms with E-state index in [9.17, 15) is 18.3 Å². The molecule has 19 heavy (non-hydrogen) atoms. The summed E-state index contributed by atoms with van der Waals surface area (Å²) >= 11 is 0. The van der Waals surface area contributed by atoms with E-state index in [0.29, 0.717) is 38.8 Å². The van der Waals surface area contributed by atoms with Crippen LogP contribution in [0.25, 0.3) is 0 Å². The molecule has 0 radical (unpaired) electrons. The lowest BCUT2D eigenvalue weighted by Gasteiger charge is -2.28. The third kappa shape index (κ3) is 3.48. The predicted octanol–water partition coefficient (Wildman–Crippen LogP) is 0.717. The van der Waals surface area contributed by atoms with Crippen LogP contribution in [0, 0.1) is 0 Å². The van der Waals surface area contributed by atoms with Gasteiger partial charge in [-0.1, -0.05) is 6.42 Å². The third-order valence-electron chi connectivity index (χ3n) is 4.23. The van der Waals surface area contributed by atoms with Crippen molar-refractivity contribution in [3.63, 3.8) is 0 Å². The Morgan fingerprint density at radius 1 is 1.21 bits per heavy atom. The molecule has 2 heterocycles. The van der Waals surface area contributed by atoms with E-state index in [-0.39, 0.29) is 11.7 Å². The molecule has 5 nitrogen and oxygen atoms in total. The van der Waals surface area contributed by atoms with Crippen LogP contribution in [0.15, 0.2) is 0 Å². The number of likely N-dealkylation sites (tertiary alicyclic amines) is 1. The van der Waals surface area contributed by atoms with Crippen molar-refractivity contribution in [2.24, 2.45) is 0 Å². The molecule has 1 amide bonds. The van der Waals surface area contributed by atoms with E-state index in [1.807, 2.05) is 0 Å². The Morgan fingerprint density at radius 2 is 1.95 bits per heavy atom. The van der Waals surface area contributed by atoms with Gasteiger partial charge in [-0.2, -0.15) is 0 Å². The summed E-state index contributed by atoms with van der Waals surface area (Å²) in [5.41, 5.74) is -0.736. The standard InChI is InChI=1S/C13H23NO4S/c1-13(16)6-4-8-14(9-7-13)12(15)11-5-2-3-10-19(11,17)18/h11,16H,2-10H2,1H3.